The molecule has 0 amide bonds. The molecule has 1 fully saturated rings. The highest BCUT2D eigenvalue weighted by Crippen LogP contribution is 2.64. The van der Waals surface area contributed by atoms with Crippen molar-refractivity contribution >= 4 is 51.7 Å². The Hall–Kier alpha value is -2.15. The highest BCUT2D eigenvalue weighted by molar-refractivity contribution is 7.15. The van der Waals surface area contributed by atoms with Crippen LogP contribution in [0.5, 0.6) is 5.75 Å². The van der Waals surface area contributed by atoms with E-state index >= 15 is 0 Å². The van der Waals surface area contributed by atoms with E-state index in [-0.39, 0.29) is 33.4 Å². The summed E-state index contributed by atoms with van der Waals surface area (Å²) in [4.78, 5) is 18.2. The van der Waals surface area contributed by atoms with Crippen LogP contribution in [0, 0.1) is 11.3 Å². The summed E-state index contributed by atoms with van der Waals surface area (Å²) in [6.07, 6.45) is 5.62. The van der Waals surface area contributed by atoms with Gasteiger partial charge in [0, 0.05) is 11.5 Å². The zero-order valence-corrected chi connectivity index (χ0v) is 18.9. The molecule has 5 rings (SSSR count). The summed E-state index contributed by atoms with van der Waals surface area (Å²) in [6.45, 7) is 6.22. The largest absolute Gasteiger partial charge is 0.485 e. The van der Waals surface area contributed by atoms with Crippen molar-refractivity contribution in [2.24, 2.45) is 11.3 Å². The quantitative estimate of drug-likeness (QED) is 0.575. The molecule has 8 heteroatoms. The van der Waals surface area contributed by atoms with E-state index < -0.39 is 0 Å². The van der Waals surface area contributed by atoms with Crippen LogP contribution in [0.1, 0.15) is 38.1 Å². The molecule has 0 radical (unpaired) electrons. The van der Waals surface area contributed by atoms with Crippen LogP contribution in [-0.4, -0.2) is 20.7 Å². The molecule has 3 atom stereocenters. The van der Waals surface area contributed by atoms with Gasteiger partial charge in [0.15, 0.2) is 5.82 Å². The second-order valence-electron chi connectivity index (χ2n) is 8.30. The SMILES string of the molecule is CC1Oc2ccccc2C=C1C=c1sc2nc(C3C(C=C(Cl)Cl)C3(C)C)nn2c1=O. The summed E-state index contributed by atoms with van der Waals surface area (Å²) in [5.74, 6) is 1.76. The van der Waals surface area contributed by atoms with Crippen LogP contribution in [0.4, 0.5) is 0 Å². The first kappa shape index (κ1) is 19.8. The summed E-state index contributed by atoms with van der Waals surface area (Å²) >= 11 is 13.0. The Bertz CT molecular complexity index is 1330. The molecule has 1 aliphatic heterocycles. The van der Waals surface area contributed by atoms with Crippen LogP contribution in [-0.2, 0) is 0 Å². The molecule has 0 spiro atoms. The third-order valence-electron chi connectivity index (χ3n) is 6.00. The van der Waals surface area contributed by atoms with Gasteiger partial charge < -0.3 is 4.74 Å². The molecular weight excluding hydrogens is 441 g/mol. The summed E-state index contributed by atoms with van der Waals surface area (Å²) in [7, 11) is 0. The van der Waals surface area contributed by atoms with Crippen molar-refractivity contribution in [1.82, 2.24) is 14.6 Å². The molecule has 30 heavy (non-hydrogen) atoms. The standard InChI is InChI=1S/C22H19Cl2N3O2S/c1-11-13(8-12-6-4-5-7-15(12)29-11)9-16-20(28)27-21(30-16)25-19(26-27)18-14(10-17(23)24)22(18,2)3/h4-11,14,18H,1-3H3. The van der Waals surface area contributed by atoms with E-state index in [9.17, 15) is 4.79 Å². The number of allylic oxidation sites excluding steroid dienone is 1. The van der Waals surface area contributed by atoms with Crippen molar-refractivity contribution in [1.29, 1.82) is 0 Å². The van der Waals surface area contributed by atoms with E-state index in [0.29, 0.717) is 15.3 Å². The lowest BCUT2D eigenvalue weighted by Gasteiger charge is -2.22. The molecule has 3 heterocycles. The molecule has 0 bridgehead atoms. The molecule has 1 saturated carbocycles. The molecule has 2 aliphatic rings. The van der Waals surface area contributed by atoms with Gasteiger partial charge >= 0.3 is 0 Å². The van der Waals surface area contributed by atoms with Gasteiger partial charge in [-0.15, -0.1) is 5.10 Å². The lowest BCUT2D eigenvalue weighted by Crippen LogP contribution is -2.26. The number of para-hydroxylation sites is 1. The monoisotopic (exact) mass is 459 g/mol. The Morgan fingerprint density at radius 2 is 2.07 bits per heavy atom. The highest BCUT2D eigenvalue weighted by Gasteiger charge is 2.59. The van der Waals surface area contributed by atoms with Gasteiger partial charge in [-0.25, -0.2) is 4.98 Å². The number of halogens is 2. The third kappa shape index (κ3) is 3.18. The molecular formula is C22H19Cl2N3O2S. The normalized spacial score (nSPS) is 24.9. The Kier molecular flexibility index (Phi) is 4.58. The molecule has 0 saturated heterocycles. The van der Waals surface area contributed by atoms with E-state index in [1.54, 1.807) is 0 Å². The Morgan fingerprint density at radius 3 is 2.80 bits per heavy atom. The molecule has 1 aromatic carbocycles. The van der Waals surface area contributed by atoms with E-state index in [4.69, 9.17) is 27.9 Å². The van der Waals surface area contributed by atoms with Gasteiger partial charge in [0.2, 0.25) is 4.96 Å². The molecule has 0 N–H and O–H groups in total. The van der Waals surface area contributed by atoms with Gasteiger partial charge in [0.25, 0.3) is 5.56 Å². The minimum Gasteiger partial charge on any atom is -0.485 e. The Morgan fingerprint density at radius 1 is 1.30 bits per heavy atom. The van der Waals surface area contributed by atoms with E-state index in [1.807, 2.05) is 43.3 Å². The van der Waals surface area contributed by atoms with E-state index in [1.165, 1.54) is 15.9 Å². The molecule has 5 nitrogen and oxygen atoms in total. The maximum Gasteiger partial charge on any atom is 0.291 e. The predicted molar refractivity (Wildman–Crippen MR) is 121 cm³/mol. The summed E-state index contributed by atoms with van der Waals surface area (Å²) in [6, 6.07) is 7.86. The number of aromatic nitrogens is 3. The number of rotatable bonds is 3. The first-order valence-electron chi connectivity index (χ1n) is 9.67. The van der Waals surface area contributed by atoms with Crippen LogP contribution < -0.4 is 14.8 Å². The maximum atomic E-state index is 12.9. The van der Waals surface area contributed by atoms with E-state index in [2.05, 4.69) is 30.0 Å². The fourth-order valence-electron chi connectivity index (χ4n) is 4.17. The van der Waals surface area contributed by atoms with Crippen molar-refractivity contribution in [3.8, 4) is 5.75 Å². The lowest BCUT2D eigenvalue weighted by atomic mass is 10.0. The first-order valence-corrected chi connectivity index (χ1v) is 11.2. The van der Waals surface area contributed by atoms with Gasteiger partial charge in [-0.3, -0.25) is 4.79 Å². The molecule has 2 aromatic heterocycles. The fourth-order valence-corrected chi connectivity index (χ4v) is 5.36. The molecule has 154 valence electrons. The minimum absolute atomic E-state index is 0.0445. The average molecular weight is 460 g/mol. The number of thiazole rings is 1. The molecule has 3 unspecified atom stereocenters. The van der Waals surface area contributed by atoms with Gasteiger partial charge in [0.05, 0.1) is 4.53 Å². The van der Waals surface area contributed by atoms with Crippen molar-refractivity contribution in [3.63, 3.8) is 0 Å². The number of hydrogen-bond donors (Lipinski definition) is 0. The topological polar surface area (TPSA) is 56.5 Å². The number of ether oxygens (including phenoxy) is 1. The lowest BCUT2D eigenvalue weighted by molar-refractivity contribution is 0.259. The Labute approximate surface area is 187 Å². The maximum absolute atomic E-state index is 12.9. The van der Waals surface area contributed by atoms with Crippen LogP contribution in [0.2, 0.25) is 0 Å². The Balaban J connectivity index is 1.52. The van der Waals surface area contributed by atoms with Crippen LogP contribution in [0.3, 0.4) is 0 Å². The number of fused-ring (bicyclic) bond motifs is 2. The number of benzene rings is 1. The first-order chi connectivity index (χ1) is 14.3. The van der Waals surface area contributed by atoms with Gasteiger partial charge in [-0.1, -0.05) is 66.6 Å². The fraction of sp³-hybridized carbons (Fsp3) is 0.318. The zero-order valence-electron chi connectivity index (χ0n) is 16.6. The summed E-state index contributed by atoms with van der Waals surface area (Å²) in [5.41, 5.74) is 1.74. The molecule has 1 aliphatic carbocycles. The van der Waals surface area contributed by atoms with Crippen molar-refractivity contribution < 1.29 is 4.74 Å². The average Bonchev–Trinajstić information content (AvgIpc) is 2.95. The second kappa shape index (κ2) is 6.94. The highest BCUT2D eigenvalue weighted by atomic mass is 35.5. The van der Waals surface area contributed by atoms with Gasteiger partial charge in [-0.05, 0) is 48.1 Å². The van der Waals surface area contributed by atoms with Crippen molar-refractivity contribution in [2.45, 2.75) is 32.8 Å². The number of nitrogens with zero attached hydrogens (tertiary/aromatic N) is 3. The number of hydrogen-bond acceptors (Lipinski definition) is 5. The van der Waals surface area contributed by atoms with Crippen molar-refractivity contribution in [2.75, 3.05) is 0 Å². The minimum atomic E-state index is -0.165. The van der Waals surface area contributed by atoms with Crippen molar-refractivity contribution in [3.05, 3.63) is 66.7 Å². The third-order valence-corrected chi connectivity index (χ3v) is 7.22. The zero-order chi connectivity index (χ0) is 21.2. The van der Waals surface area contributed by atoms with Crippen LogP contribution in [0.15, 0.2) is 45.2 Å². The van der Waals surface area contributed by atoms with Gasteiger partial charge in [-0.2, -0.15) is 4.52 Å². The second-order valence-corrected chi connectivity index (χ2v) is 10.3. The molecule has 3 aromatic rings. The van der Waals surface area contributed by atoms with Crippen LogP contribution in [0.25, 0.3) is 17.1 Å². The van der Waals surface area contributed by atoms with Gasteiger partial charge in [0.1, 0.15) is 16.3 Å². The summed E-state index contributed by atoms with van der Waals surface area (Å²) < 4.78 is 8.21. The van der Waals surface area contributed by atoms with E-state index in [0.717, 1.165) is 16.9 Å². The smallest absolute Gasteiger partial charge is 0.291 e. The van der Waals surface area contributed by atoms with Crippen LogP contribution >= 0.6 is 34.5 Å². The summed E-state index contributed by atoms with van der Waals surface area (Å²) in [5, 5.41) is 4.51. The predicted octanol–water partition coefficient (Wildman–Crippen LogP) is 4.57.